The van der Waals surface area contributed by atoms with Crippen LogP contribution in [0.2, 0.25) is 5.02 Å². The summed E-state index contributed by atoms with van der Waals surface area (Å²) in [6.07, 6.45) is 6.06. The van der Waals surface area contributed by atoms with Crippen LogP contribution in [0.15, 0.2) is 42.5 Å². The maximum Gasteiger partial charge on any atom is 0.154 e. The van der Waals surface area contributed by atoms with Crippen molar-refractivity contribution >= 4 is 40.5 Å². The number of halogens is 1. The first-order valence-electron chi connectivity index (χ1n) is 11.3. The summed E-state index contributed by atoms with van der Waals surface area (Å²) in [5.74, 6) is 2.25. The molecule has 0 fully saturated rings. The fourth-order valence-electron chi connectivity index (χ4n) is 3.68. The number of ether oxygens (including phenoxy) is 1. The molecule has 3 aromatic rings. The van der Waals surface area contributed by atoms with Gasteiger partial charge in [0.25, 0.3) is 0 Å². The lowest BCUT2D eigenvalue weighted by molar-refractivity contribution is 0.295. The van der Waals surface area contributed by atoms with Crippen molar-refractivity contribution in [2.75, 3.05) is 32.1 Å². The summed E-state index contributed by atoms with van der Waals surface area (Å²) >= 11 is 6.29. The summed E-state index contributed by atoms with van der Waals surface area (Å²) in [6.45, 7) is 9.93. The molecule has 32 heavy (non-hydrogen) atoms. The minimum Gasteiger partial charge on any atom is -0.497 e. The summed E-state index contributed by atoms with van der Waals surface area (Å²) in [6, 6.07) is 13.9. The summed E-state index contributed by atoms with van der Waals surface area (Å²) in [5, 5.41) is 5.27. The standard InChI is InChI=1S/C26H33ClN4O/c1-5-31(6-2)17-9-10-19(3)28-26-22-18-21(32-4)14-15-24(22)29-25(30-26)16-13-20-11-7-8-12-23(20)27/h7-8,11-16,18-19H,5-6,9-10,17H2,1-4H3,(H,28,29,30)/b16-13+. The maximum absolute atomic E-state index is 6.29. The molecule has 5 nitrogen and oxygen atoms in total. The van der Waals surface area contributed by atoms with E-state index in [1.165, 1.54) is 0 Å². The topological polar surface area (TPSA) is 50.3 Å². The summed E-state index contributed by atoms with van der Waals surface area (Å²) < 4.78 is 5.43. The predicted molar refractivity (Wildman–Crippen MR) is 137 cm³/mol. The van der Waals surface area contributed by atoms with Crippen molar-refractivity contribution in [3.63, 3.8) is 0 Å². The van der Waals surface area contributed by atoms with Crippen molar-refractivity contribution in [1.29, 1.82) is 0 Å². The highest BCUT2D eigenvalue weighted by atomic mass is 35.5. The monoisotopic (exact) mass is 452 g/mol. The second-order valence-corrected chi connectivity index (χ2v) is 8.29. The summed E-state index contributed by atoms with van der Waals surface area (Å²) in [4.78, 5) is 12.0. The molecule has 6 heteroatoms. The van der Waals surface area contributed by atoms with E-state index in [9.17, 15) is 0 Å². The molecule has 170 valence electrons. The van der Waals surface area contributed by atoms with Crippen molar-refractivity contribution in [2.45, 2.75) is 39.7 Å². The van der Waals surface area contributed by atoms with Gasteiger partial charge in [0.15, 0.2) is 5.82 Å². The Bertz CT molecular complexity index is 1050. The van der Waals surface area contributed by atoms with Crippen LogP contribution < -0.4 is 10.1 Å². The highest BCUT2D eigenvalue weighted by molar-refractivity contribution is 6.32. The first kappa shape index (κ1) is 24.0. The van der Waals surface area contributed by atoms with Gasteiger partial charge in [0, 0.05) is 16.5 Å². The SMILES string of the molecule is CCN(CC)CCCC(C)Nc1nc(/C=C/c2ccccc2Cl)nc2ccc(OC)cc12. The van der Waals surface area contributed by atoms with Crippen LogP contribution >= 0.6 is 11.6 Å². The van der Waals surface area contributed by atoms with Crippen molar-refractivity contribution < 1.29 is 4.74 Å². The van der Waals surface area contributed by atoms with E-state index in [2.05, 4.69) is 31.0 Å². The van der Waals surface area contributed by atoms with Crippen LogP contribution in [0.4, 0.5) is 5.82 Å². The van der Waals surface area contributed by atoms with Gasteiger partial charge in [-0.1, -0.05) is 43.6 Å². The molecular formula is C26H33ClN4O. The van der Waals surface area contributed by atoms with Gasteiger partial charge in [0.05, 0.1) is 12.6 Å². The van der Waals surface area contributed by atoms with Crippen molar-refractivity contribution in [3.8, 4) is 5.75 Å². The Labute approximate surface area is 196 Å². The largest absolute Gasteiger partial charge is 0.497 e. The van der Waals surface area contributed by atoms with E-state index in [4.69, 9.17) is 26.3 Å². The van der Waals surface area contributed by atoms with Gasteiger partial charge in [-0.15, -0.1) is 0 Å². The lowest BCUT2D eigenvalue weighted by Gasteiger charge is -2.20. The van der Waals surface area contributed by atoms with Gasteiger partial charge in [-0.2, -0.15) is 0 Å². The average molecular weight is 453 g/mol. The van der Waals surface area contributed by atoms with Crippen LogP contribution in [0.1, 0.15) is 45.0 Å². The first-order chi connectivity index (χ1) is 15.5. The molecule has 0 saturated heterocycles. The van der Waals surface area contributed by atoms with Gasteiger partial charge in [0.1, 0.15) is 11.6 Å². The van der Waals surface area contributed by atoms with Crippen LogP contribution in [-0.2, 0) is 0 Å². The number of anilines is 1. The predicted octanol–water partition coefficient (Wildman–Crippen LogP) is 6.38. The minimum atomic E-state index is 0.287. The van der Waals surface area contributed by atoms with E-state index in [0.717, 1.165) is 60.5 Å². The fraction of sp³-hybridized carbons (Fsp3) is 0.385. The highest BCUT2D eigenvalue weighted by Gasteiger charge is 2.11. The Morgan fingerprint density at radius 2 is 1.88 bits per heavy atom. The number of benzene rings is 2. The molecule has 1 unspecified atom stereocenters. The molecule has 0 bridgehead atoms. The van der Waals surface area contributed by atoms with Gasteiger partial charge in [-0.3, -0.25) is 0 Å². The zero-order chi connectivity index (χ0) is 22.9. The lowest BCUT2D eigenvalue weighted by Crippen LogP contribution is -2.25. The van der Waals surface area contributed by atoms with Gasteiger partial charge < -0.3 is 15.0 Å². The molecule has 0 aliphatic carbocycles. The van der Waals surface area contributed by atoms with Gasteiger partial charge >= 0.3 is 0 Å². The van der Waals surface area contributed by atoms with E-state index >= 15 is 0 Å². The zero-order valence-corrected chi connectivity index (χ0v) is 20.2. The number of rotatable bonds is 11. The molecular weight excluding hydrogens is 420 g/mol. The number of fused-ring (bicyclic) bond motifs is 1. The number of aromatic nitrogens is 2. The number of hydrogen-bond acceptors (Lipinski definition) is 5. The number of methoxy groups -OCH3 is 1. The molecule has 3 rings (SSSR count). The molecule has 0 aliphatic rings. The molecule has 1 aromatic heterocycles. The Morgan fingerprint density at radius 3 is 2.59 bits per heavy atom. The molecule has 1 N–H and O–H groups in total. The lowest BCUT2D eigenvalue weighted by atomic mass is 10.1. The first-order valence-corrected chi connectivity index (χ1v) is 11.7. The Morgan fingerprint density at radius 1 is 1.09 bits per heavy atom. The molecule has 1 atom stereocenters. The normalized spacial score (nSPS) is 12.6. The van der Waals surface area contributed by atoms with Gasteiger partial charge in [-0.25, -0.2) is 9.97 Å². The fourth-order valence-corrected chi connectivity index (χ4v) is 3.88. The molecule has 0 aliphatic heterocycles. The second-order valence-electron chi connectivity index (χ2n) is 7.88. The second kappa shape index (κ2) is 11.8. The van der Waals surface area contributed by atoms with Crippen molar-refractivity contribution in [2.24, 2.45) is 0 Å². The summed E-state index contributed by atoms with van der Waals surface area (Å²) in [5.41, 5.74) is 1.81. The Kier molecular flexibility index (Phi) is 8.89. The van der Waals surface area contributed by atoms with Crippen LogP contribution in [0.3, 0.4) is 0 Å². The van der Waals surface area contributed by atoms with Crippen LogP contribution in [-0.4, -0.2) is 47.7 Å². The van der Waals surface area contributed by atoms with Crippen LogP contribution in [0.5, 0.6) is 5.75 Å². The molecule has 0 spiro atoms. The molecule has 0 radical (unpaired) electrons. The third-order valence-corrected chi connectivity index (χ3v) is 5.97. The van der Waals surface area contributed by atoms with E-state index in [0.29, 0.717) is 10.8 Å². The zero-order valence-electron chi connectivity index (χ0n) is 19.4. The van der Waals surface area contributed by atoms with Gasteiger partial charge in [0.2, 0.25) is 0 Å². The van der Waals surface area contributed by atoms with E-state index < -0.39 is 0 Å². The third kappa shape index (κ3) is 6.44. The number of nitrogens with one attached hydrogen (secondary N) is 1. The van der Waals surface area contributed by atoms with E-state index in [1.54, 1.807) is 7.11 Å². The highest BCUT2D eigenvalue weighted by Crippen LogP contribution is 2.27. The molecule has 1 heterocycles. The Balaban J connectivity index is 1.84. The van der Waals surface area contributed by atoms with Gasteiger partial charge in [-0.05, 0) is 81.4 Å². The molecule has 0 amide bonds. The molecule has 2 aromatic carbocycles. The van der Waals surface area contributed by atoms with Crippen LogP contribution in [0.25, 0.3) is 23.1 Å². The van der Waals surface area contributed by atoms with Crippen molar-refractivity contribution in [1.82, 2.24) is 14.9 Å². The minimum absolute atomic E-state index is 0.287. The smallest absolute Gasteiger partial charge is 0.154 e. The molecule has 0 saturated carbocycles. The quantitative estimate of drug-likeness (QED) is 0.365. The number of hydrogen-bond donors (Lipinski definition) is 1. The van der Waals surface area contributed by atoms with E-state index in [-0.39, 0.29) is 6.04 Å². The van der Waals surface area contributed by atoms with Crippen LogP contribution in [0, 0.1) is 0 Å². The maximum atomic E-state index is 6.29. The Hall–Kier alpha value is -2.63. The average Bonchev–Trinajstić information content (AvgIpc) is 2.81. The van der Waals surface area contributed by atoms with E-state index in [1.807, 2.05) is 54.6 Å². The third-order valence-electron chi connectivity index (χ3n) is 5.63. The van der Waals surface area contributed by atoms with Crippen molar-refractivity contribution in [3.05, 3.63) is 58.9 Å². The number of nitrogens with zero attached hydrogens (tertiary/aromatic N) is 3. The summed E-state index contributed by atoms with van der Waals surface area (Å²) in [7, 11) is 1.67.